The number of hydrogen-bond acceptors (Lipinski definition) is 5. The molecule has 138 valence electrons. The molecule has 0 N–H and O–H groups in total. The number of amides is 1. The molecule has 7 nitrogen and oxygen atoms in total. The van der Waals surface area contributed by atoms with E-state index in [-0.39, 0.29) is 11.6 Å². The van der Waals surface area contributed by atoms with Crippen LogP contribution in [0.3, 0.4) is 0 Å². The molecule has 4 rings (SSSR count). The first-order valence-corrected chi connectivity index (χ1v) is 8.54. The minimum atomic E-state index is -0.450. The molecule has 1 aliphatic rings. The SMILES string of the molecule is CC1=NN(c2ccccc2)C(=O)/C1=C/c1ccc(-c2ccc([N+](=O)[O-])cc2)o1. The van der Waals surface area contributed by atoms with Crippen molar-refractivity contribution in [3.05, 3.63) is 88.2 Å². The van der Waals surface area contributed by atoms with Gasteiger partial charge in [0.05, 0.1) is 21.9 Å². The van der Waals surface area contributed by atoms with Crippen LogP contribution in [0.4, 0.5) is 11.4 Å². The summed E-state index contributed by atoms with van der Waals surface area (Å²) >= 11 is 0. The third-order valence-electron chi connectivity index (χ3n) is 4.34. The zero-order chi connectivity index (χ0) is 19.7. The summed E-state index contributed by atoms with van der Waals surface area (Å²) in [6.45, 7) is 1.77. The predicted molar refractivity (Wildman–Crippen MR) is 106 cm³/mol. The van der Waals surface area contributed by atoms with Gasteiger partial charge in [0, 0.05) is 17.7 Å². The Morgan fingerprint density at radius 3 is 2.43 bits per heavy atom. The van der Waals surface area contributed by atoms with Gasteiger partial charge < -0.3 is 4.42 Å². The van der Waals surface area contributed by atoms with Gasteiger partial charge in [-0.1, -0.05) is 18.2 Å². The monoisotopic (exact) mass is 373 g/mol. The van der Waals surface area contributed by atoms with E-state index in [0.717, 1.165) is 0 Å². The second kappa shape index (κ2) is 6.96. The summed E-state index contributed by atoms with van der Waals surface area (Å²) in [5, 5.41) is 16.5. The molecular weight excluding hydrogens is 358 g/mol. The molecule has 1 amide bonds. The van der Waals surface area contributed by atoms with Crippen LogP contribution in [-0.4, -0.2) is 16.5 Å². The minimum absolute atomic E-state index is 0.0158. The fourth-order valence-corrected chi connectivity index (χ4v) is 2.90. The summed E-state index contributed by atoms with van der Waals surface area (Å²) in [6.07, 6.45) is 1.65. The number of non-ortho nitro benzene ring substituents is 1. The van der Waals surface area contributed by atoms with Crippen molar-refractivity contribution < 1.29 is 14.1 Å². The highest BCUT2D eigenvalue weighted by atomic mass is 16.6. The molecule has 7 heteroatoms. The Morgan fingerprint density at radius 1 is 1.04 bits per heavy atom. The molecule has 0 bridgehead atoms. The number of hydrogen-bond donors (Lipinski definition) is 0. The van der Waals surface area contributed by atoms with Gasteiger partial charge in [0.1, 0.15) is 11.5 Å². The van der Waals surface area contributed by atoms with Crippen LogP contribution in [-0.2, 0) is 4.79 Å². The number of furan rings is 1. The highest BCUT2D eigenvalue weighted by Gasteiger charge is 2.28. The number of anilines is 1. The number of rotatable bonds is 4. The second-order valence-electron chi connectivity index (χ2n) is 6.20. The molecule has 0 aliphatic carbocycles. The molecule has 0 unspecified atom stereocenters. The number of carbonyl (C=O) groups excluding carboxylic acids is 1. The number of para-hydroxylation sites is 1. The third-order valence-corrected chi connectivity index (χ3v) is 4.34. The van der Waals surface area contributed by atoms with Gasteiger partial charge in [-0.25, -0.2) is 0 Å². The molecule has 2 heterocycles. The Hall–Kier alpha value is -4.00. The zero-order valence-electron chi connectivity index (χ0n) is 14.9. The summed E-state index contributed by atoms with van der Waals surface area (Å²) in [5.74, 6) is 0.833. The first kappa shape index (κ1) is 17.4. The lowest BCUT2D eigenvalue weighted by molar-refractivity contribution is -0.384. The largest absolute Gasteiger partial charge is 0.457 e. The highest BCUT2D eigenvalue weighted by molar-refractivity contribution is 6.32. The van der Waals surface area contributed by atoms with Crippen molar-refractivity contribution >= 4 is 29.1 Å². The lowest BCUT2D eigenvalue weighted by atomic mass is 10.1. The van der Waals surface area contributed by atoms with Crippen molar-refractivity contribution in [3.63, 3.8) is 0 Å². The highest BCUT2D eigenvalue weighted by Crippen LogP contribution is 2.28. The van der Waals surface area contributed by atoms with Crippen LogP contribution >= 0.6 is 0 Å². The fraction of sp³-hybridized carbons (Fsp3) is 0.0476. The molecular formula is C21H15N3O4. The summed E-state index contributed by atoms with van der Waals surface area (Å²) in [4.78, 5) is 23.1. The molecule has 0 saturated carbocycles. The van der Waals surface area contributed by atoms with E-state index in [0.29, 0.717) is 34.1 Å². The molecule has 1 aromatic heterocycles. The van der Waals surface area contributed by atoms with Crippen molar-refractivity contribution in [1.29, 1.82) is 0 Å². The van der Waals surface area contributed by atoms with Gasteiger partial charge in [0.15, 0.2) is 0 Å². The molecule has 1 aliphatic heterocycles. The maximum Gasteiger partial charge on any atom is 0.280 e. The van der Waals surface area contributed by atoms with Crippen molar-refractivity contribution in [1.82, 2.24) is 0 Å². The van der Waals surface area contributed by atoms with Crippen LogP contribution in [0, 0.1) is 10.1 Å². The Bertz CT molecular complexity index is 1110. The number of nitro benzene ring substituents is 1. The van der Waals surface area contributed by atoms with Crippen molar-refractivity contribution in [2.24, 2.45) is 5.10 Å². The number of nitrogens with zero attached hydrogens (tertiary/aromatic N) is 3. The van der Waals surface area contributed by atoms with Crippen LogP contribution in [0.15, 0.2) is 81.8 Å². The van der Waals surface area contributed by atoms with Gasteiger partial charge in [0.25, 0.3) is 11.6 Å². The van der Waals surface area contributed by atoms with Gasteiger partial charge in [0.2, 0.25) is 0 Å². The maximum atomic E-state index is 12.7. The van der Waals surface area contributed by atoms with E-state index in [1.807, 2.05) is 30.3 Å². The van der Waals surface area contributed by atoms with E-state index in [1.165, 1.54) is 17.1 Å². The smallest absolute Gasteiger partial charge is 0.280 e. The van der Waals surface area contributed by atoms with E-state index in [4.69, 9.17) is 4.42 Å². The molecule has 0 fully saturated rings. The van der Waals surface area contributed by atoms with Gasteiger partial charge in [-0.2, -0.15) is 10.1 Å². The first-order chi connectivity index (χ1) is 13.5. The Morgan fingerprint density at radius 2 is 1.75 bits per heavy atom. The normalized spacial score (nSPS) is 15.2. The lowest BCUT2D eigenvalue weighted by Crippen LogP contribution is -2.21. The quantitative estimate of drug-likeness (QED) is 0.378. The first-order valence-electron chi connectivity index (χ1n) is 8.54. The van der Waals surface area contributed by atoms with Gasteiger partial charge in [-0.05, 0) is 49.4 Å². The molecule has 0 spiro atoms. The molecule has 3 aromatic rings. The molecule has 28 heavy (non-hydrogen) atoms. The number of benzene rings is 2. The Balaban J connectivity index is 1.59. The van der Waals surface area contributed by atoms with Crippen LogP contribution in [0.1, 0.15) is 12.7 Å². The molecule has 2 aromatic carbocycles. The van der Waals surface area contributed by atoms with Crippen molar-refractivity contribution in [2.75, 3.05) is 5.01 Å². The Kier molecular flexibility index (Phi) is 4.33. The summed E-state index contributed by atoms with van der Waals surface area (Å²) in [7, 11) is 0. The molecule has 0 saturated heterocycles. The molecule has 0 atom stereocenters. The van der Waals surface area contributed by atoms with Crippen LogP contribution in [0.5, 0.6) is 0 Å². The minimum Gasteiger partial charge on any atom is -0.457 e. The van der Waals surface area contributed by atoms with Crippen molar-refractivity contribution in [2.45, 2.75) is 6.92 Å². The average molecular weight is 373 g/mol. The second-order valence-corrected chi connectivity index (χ2v) is 6.20. The van der Waals surface area contributed by atoms with E-state index in [1.54, 1.807) is 37.3 Å². The topological polar surface area (TPSA) is 89.0 Å². The number of nitro groups is 1. The summed E-state index contributed by atoms with van der Waals surface area (Å²) in [5.41, 5.74) is 2.48. The van der Waals surface area contributed by atoms with Crippen LogP contribution in [0.2, 0.25) is 0 Å². The van der Waals surface area contributed by atoms with Gasteiger partial charge in [-0.3, -0.25) is 14.9 Å². The Labute approximate surface area is 160 Å². The predicted octanol–water partition coefficient (Wildman–Crippen LogP) is 4.66. The maximum absolute atomic E-state index is 12.7. The van der Waals surface area contributed by atoms with Gasteiger partial charge >= 0.3 is 0 Å². The third kappa shape index (κ3) is 3.21. The average Bonchev–Trinajstić information content (AvgIpc) is 3.29. The van der Waals surface area contributed by atoms with Crippen LogP contribution in [0.25, 0.3) is 17.4 Å². The zero-order valence-corrected chi connectivity index (χ0v) is 14.9. The van der Waals surface area contributed by atoms with Gasteiger partial charge in [-0.15, -0.1) is 0 Å². The standard InChI is InChI=1S/C21H15N3O4/c1-14-19(21(25)23(22-14)16-5-3-2-4-6-16)13-18-11-12-20(28-18)15-7-9-17(10-8-15)24(26)27/h2-13H,1H3/b19-13+. The van der Waals surface area contributed by atoms with Crippen LogP contribution < -0.4 is 5.01 Å². The van der Waals surface area contributed by atoms with Crippen molar-refractivity contribution in [3.8, 4) is 11.3 Å². The van der Waals surface area contributed by atoms with E-state index < -0.39 is 4.92 Å². The van der Waals surface area contributed by atoms with E-state index >= 15 is 0 Å². The fourth-order valence-electron chi connectivity index (χ4n) is 2.90. The summed E-state index contributed by atoms with van der Waals surface area (Å²) in [6, 6.07) is 18.8. The van der Waals surface area contributed by atoms with E-state index in [9.17, 15) is 14.9 Å². The number of carbonyl (C=O) groups is 1. The molecule has 0 radical (unpaired) electrons. The number of hydrazone groups is 1. The van der Waals surface area contributed by atoms with E-state index in [2.05, 4.69) is 5.10 Å². The summed E-state index contributed by atoms with van der Waals surface area (Å²) < 4.78 is 5.80. The lowest BCUT2D eigenvalue weighted by Gasteiger charge is -2.10.